The van der Waals surface area contributed by atoms with Crippen LogP contribution in [0.3, 0.4) is 0 Å². The monoisotopic (exact) mass is 341 g/mol. The number of piperidine rings is 1. The summed E-state index contributed by atoms with van der Waals surface area (Å²) in [4.78, 5) is 14.5. The molecule has 5 heteroatoms. The minimum atomic E-state index is -1.06. The van der Waals surface area contributed by atoms with Crippen molar-refractivity contribution < 1.29 is 19.4 Å². The highest BCUT2D eigenvalue weighted by Crippen LogP contribution is 2.33. The number of nitrogens with zero attached hydrogens (tertiary/aromatic N) is 1. The van der Waals surface area contributed by atoms with E-state index in [1.807, 2.05) is 24.3 Å². The van der Waals surface area contributed by atoms with E-state index in [-0.39, 0.29) is 12.5 Å². The van der Waals surface area contributed by atoms with Gasteiger partial charge in [-0.1, -0.05) is 12.1 Å². The van der Waals surface area contributed by atoms with Crippen molar-refractivity contribution in [2.75, 3.05) is 27.3 Å². The number of hydrogen-bond donors (Lipinski definition) is 1. The van der Waals surface area contributed by atoms with Gasteiger partial charge < -0.3 is 19.5 Å². The number of amides is 1. The van der Waals surface area contributed by atoms with Crippen molar-refractivity contribution >= 4 is 5.91 Å². The molecule has 1 atom stereocenters. The number of hydrogen-bond acceptors (Lipinski definition) is 4. The van der Waals surface area contributed by atoms with Gasteiger partial charge in [-0.15, -0.1) is 0 Å². The molecule has 1 saturated heterocycles. The molecule has 2 aromatic carbocycles. The molecule has 0 spiro atoms. The van der Waals surface area contributed by atoms with Gasteiger partial charge in [-0.2, -0.15) is 0 Å². The predicted molar refractivity (Wildman–Crippen MR) is 95.0 cm³/mol. The fourth-order valence-corrected chi connectivity index (χ4v) is 3.27. The zero-order chi connectivity index (χ0) is 17.9. The first-order chi connectivity index (χ1) is 12.1. The third-order valence-corrected chi connectivity index (χ3v) is 4.70. The Labute approximate surface area is 147 Å². The van der Waals surface area contributed by atoms with Gasteiger partial charge in [0, 0.05) is 12.1 Å². The van der Waals surface area contributed by atoms with Crippen LogP contribution in [0.1, 0.15) is 28.8 Å². The topological polar surface area (TPSA) is 59.0 Å². The molecule has 1 unspecified atom stereocenters. The average molecular weight is 341 g/mol. The van der Waals surface area contributed by atoms with Crippen LogP contribution in [-0.2, 0) is 5.60 Å². The third-order valence-electron chi connectivity index (χ3n) is 4.70. The second kappa shape index (κ2) is 7.15. The molecule has 1 aliphatic rings. The summed E-state index contributed by atoms with van der Waals surface area (Å²) in [5, 5.41) is 11.1. The number of benzene rings is 2. The molecule has 0 aromatic heterocycles. The Morgan fingerprint density at radius 2 is 1.80 bits per heavy atom. The maximum atomic E-state index is 12.8. The molecule has 25 heavy (non-hydrogen) atoms. The highest BCUT2D eigenvalue weighted by atomic mass is 16.5. The van der Waals surface area contributed by atoms with Gasteiger partial charge in [0.2, 0.25) is 0 Å². The van der Waals surface area contributed by atoms with Gasteiger partial charge in [-0.25, -0.2) is 0 Å². The van der Waals surface area contributed by atoms with Gasteiger partial charge in [0.1, 0.15) is 17.1 Å². The summed E-state index contributed by atoms with van der Waals surface area (Å²) in [7, 11) is 3.19. The summed E-state index contributed by atoms with van der Waals surface area (Å²) in [6.07, 6.45) is 1.36. The SMILES string of the molecule is COc1ccc(C(=O)N2CCCC(O)(c3cccc(OC)c3)C2)cc1. The molecule has 2 aromatic rings. The van der Waals surface area contributed by atoms with Crippen LogP contribution in [0.25, 0.3) is 0 Å². The van der Waals surface area contributed by atoms with Gasteiger partial charge in [0.15, 0.2) is 0 Å². The Kier molecular flexibility index (Phi) is 4.95. The Bertz CT molecular complexity index is 744. The first-order valence-corrected chi connectivity index (χ1v) is 8.36. The van der Waals surface area contributed by atoms with Gasteiger partial charge in [-0.05, 0) is 54.8 Å². The van der Waals surface area contributed by atoms with E-state index < -0.39 is 5.60 Å². The molecule has 0 bridgehead atoms. The number of likely N-dealkylation sites (tertiary alicyclic amines) is 1. The van der Waals surface area contributed by atoms with E-state index in [1.54, 1.807) is 43.4 Å². The largest absolute Gasteiger partial charge is 0.497 e. The van der Waals surface area contributed by atoms with Crippen molar-refractivity contribution in [3.8, 4) is 11.5 Å². The maximum absolute atomic E-state index is 12.8. The van der Waals surface area contributed by atoms with E-state index in [4.69, 9.17) is 9.47 Å². The van der Waals surface area contributed by atoms with Gasteiger partial charge in [0.25, 0.3) is 5.91 Å². The Morgan fingerprint density at radius 3 is 2.48 bits per heavy atom. The summed E-state index contributed by atoms with van der Waals surface area (Å²) in [5.74, 6) is 1.33. The van der Waals surface area contributed by atoms with Crippen molar-refractivity contribution in [1.82, 2.24) is 4.90 Å². The molecule has 3 rings (SSSR count). The molecule has 1 fully saturated rings. The van der Waals surface area contributed by atoms with Crippen LogP contribution in [-0.4, -0.2) is 43.2 Å². The Balaban J connectivity index is 1.80. The summed E-state index contributed by atoms with van der Waals surface area (Å²) in [5.41, 5.74) is 0.310. The van der Waals surface area contributed by atoms with E-state index in [9.17, 15) is 9.90 Å². The standard InChI is InChI=1S/C20H23NO4/c1-24-17-9-7-15(8-10-17)19(22)21-12-4-11-20(23,14-21)16-5-3-6-18(13-16)25-2/h3,5-10,13,23H,4,11-12,14H2,1-2H3. The number of rotatable bonds is 4. The summed E-state index contributed by atoms with van der Waals surface area (Å²) in [6.45, 7) is 0.905. The van der Waals surface area contributed by atoms with Crippen molar-refractivity contribution in [3.63, 3.8) is 0 Å². The molecule has 5 nitrogen and oxygen atoms in total. The molecule has 1 heterocycles. The van der Waals surface area contributed by atoms with Crippen LogP contribution in [0.5, 0.6) is 11.5 Å². The van der Waals surface area contributed by atoms with E-state index in [0.717, 1.165) is 12.0 Å². The number of ether oxygens (including phenoxy) is 2. The fraction of sp³-hybridized carbons (Fsp3) is 0.350. The smallest absolute Gasteiger partial charge is 0.253 e. The van der Waals surface area contributed by atoms with Crippen LogP contribution in [0, 0.1) is 0 Å². The van der Waals surface area contributed by atoms with E-state index in [0.29, 0.717) is 30.0 Å². The summed E-state index contributed by atoms with van der Waals surface area (Å²) >= 11 is 0. The molecule has 132 valence electrons. The number of carbonyl (C=O) groups is 1. The number of aliphatic hydroxyl groups is 1. The molecular formula is C20H23NO4. The van der Waals surface area contributed by atoms with Crippen molar-refractivity contribution in [2.45, 2.75) is 18.4 Å². The quantitative estimate of drug-likeness (QED) is 0.929. The highest BCUT2D eigenvalue weighted by Gasteiger charge is 2.37. The minimum absolute atomic E-state index is 0.0799. The molecular weight excluding hydrogens is 318 g/mol. The van der Waals surface area contributed by atoms with Crippen molar-refractivity contribution in [2.24, 2.45) is 0 Å². The molecule has 0 saturated carbocycles. The second-order valence-electron chi connectivity index (χ2n) is 6.32. The fourth-order valence-electron chi connectivity index (χ4n) is 3.27. The Hall–Kier alpha value is -2.53. The number of β-amino-alcohol motifs (C(OH)–C–C–N with tert-alkyl or cyclic N) is 1. The minimum Gasteiger partial charge on any atom is -0.497 e. The highest BCUT2D eigenvalue weighted by molar-refractivity contribution is 5.94. The zero-order valence-electron chi connectivity index (χ0n) is 14.6. The first-order valence-electron chi connectivity index (χ1n) is 8.36. The van der Waals surface area contributed by atoms with Crippen LogP contribution < -0.4 is 9.47 Å². The van der Waals surface area contributed by atoms with Crippen LogP contribution >= 0.6 is 0 Å². The van der Waals surface area contributed by atoms with Gasteiger partial charge >= 0.3 is 0 Å². The molecule has 1 aliphatic heterocycles. The lowest BCUT2D eigenvalue weighted by Crippen LogP contribution is -2.48. The van der Waals surface area contributed by atoms with E-state index in [2.05, 4.69) is 0 Å². The normalized spacial score (nSPS) is 20.2. The molecule has 1 amide bonds. The molecule has 0 radical (unpaired) electrons. The number of methoxy groups -OCH3 is 2. The first kappa shape index (κ1) is 17.3. The molecule has 1 N–H and O–H groups in total. The lowest BCUT2D eigenvalue weighted by Gasteiger charge is -2.39. The lowest BCUT2D eigenvalue weighted by atomic mass is 9.85. The molecule has 0 aliphatic carbocycles. The van der Waals surface area contributed by atoms with Crippen molar-refractivity contribution in [3.05, 3.63) is 59.7 Å². The summed E-state index contributed by atoms with van der Waals surface area (Å²) in [6, 6.07) is 14.5. The van der Waals surface area contributed by atoms with Crippen LogP contribution in [0.4, 0.5) is 0 Å². The average Bonchev–Trinajstić information content (AvgIpc) is 2.67. The zero-order valence-corrected chi connectivity index (χ0v) is 14.6. The second-order valence-corrected chi connectivity index (χ2v) is 6.32. The van der Waals surface area contributed by atoms with Crippen LogP contribution in [0.15, 0.2) is 48.5 Å². The van der Waals surface area contributed by atoms with Crippen LogP contribution in [0.2, 0.25) is 0 Å². The van der Waals surface area contributed by atoms with E-state index in [1.165, 1.54) is 0 Å². The third kappa shape index (κ3) is 3.61. The summed E-state index contributed by atoms with van der Waals surface area (Å²) < 4.78 is 10.4. The predicted octanol–water partition coefficient (Wildman–Crippen LogP) is 2.83. The lowest BCUT2D eigenvalue weighted by molar-refractivity contribution is -0.0290. The maximum Gasteiger partial charge on any atom is 0.253 e. The van der Waals surface area contributed by atoms with Gasteiger partial charge in [-0.3, -0.25) is 4.79 Å². The van der Waals surface area contributed by atoms with Crippen molar-refractivity contribution in [1.29, 1.82) is 0 Å². The van der Waals surface area contributed by atoms with E-state index >= 15 is 0 Å². The van der Waals surface area contributed by atoms with Gasteiger partial charge in [0.05, 0.1) is 20.8 Å². The number of carbonyl (C=O) groups excluding carboxylic acids is 1. The Morgan fingerprint density at radius 1 is 1.08 bits per heavy atom.